The van der Waals surface area contributed by atoms with Gasteiger partial charge in [-0.1, -0.05) is 6.07 Å². The molecule has 1 rings (SSSR count). The molecule has 14 heavy (non-hydrogen) atoms. The predicted octanol–water partition coefficient (Wildman–Crippen LogP) is 2.37. The highest BCUT2D eigenvalue weighted by molar-refractivity contribution is 14.1. The summed E-state index contributed by atoms with van der Waals surface area (Å²) in [7, 11) is 0. The van der Waals surface area contributed by atoms with Gasteiger partial charge >= 0.3 is 5.97 Å². The Labute approximate surface area is 96.2 Å². The van der Waals surface area contributed by atoms with Crippen molar-refractivity contribution in [1.82, 2.24) is 0 Å². The molecule has 1 aromatic rings. The number of halogens is 1. The van der Waals surface area contributed by atoms with Crippen molar-refractivity contribution in [2.24, 2.45) is 0 Å². The molecule has 3 nitrogen and oxygen atoms in total. The van der Waals surface area contributed by atoms with Crippen molar-refractivity contribution < 1.29 is 14.6 Å². The summed E-state index contributed by atoms with van der Waals surface area (Å²) >= 11 is 2.14. The van der Waals surface area contributed by atoms with Gasteiger partial charge in [-0.3, -0.25) is 0 Å². The van der Waals surface area contributed by atoms with Crippen molar-refractivity contribution in [1.29, 1.82) is 0 Å². The highest BCUT2D eigenvalue weighted by Gasteiger charge is 2.07. The standard InChI is InChI=1S/C10H11IO3/c1-6-3-7(2)10(8(11)4-6)14-5-9(12)13/h3-4H,5H2,1-2H3,(H,12,13). The van der Waals surface area contributed by atoms with E-state index >= 15 is 0 Å². The van der Waals surface area contributed by atoms with Crippen LogP contribution in [0.15, 0.2) is 12.1 Å². The Morgan fingerprint density at radius 1 is 1.50 bits per heavy atom. The summed E-state index contributed by atoms with van der Waals surface area (Å²) in [5, 5.41) is 8.48. The van der Waals surface area contributed by atoms with E-state index in [1.165, 1.54) is 0 Å². The van der Waals surface area contributed by atoms with Crippen LogP contribution in [0.2, 0.25) is 0 Å². The molecule has 0 amide bonds. The van der Waals surface area contributed by atoms with Gasteiger partial charge in [0.05, 0.1) is 3.57 Å². The molecule has 0 fully saturated rings. The number of hydrogen-bond donors (Lipinski definition) is 1. The SMILES string of the molecule is Cc1cc(C)c(OCC(=O)O)c(I)c1. The minimum atomic E-state index is -0.958. The first-order valence-corrected chi connectivity index (χ1v) is 5.20. The maximum Gasteiger partial charge on any atom is 0.341 e. The summed E-state index contributed by atoms with van der Waals surface area (Å²) in [5.74, 6) is -0.292. The van der Waals surface area contributed by atoms with Crippen LogP contribution in [0.4, 0.5) is 0 Å². The third-order valence-corrected chi connectivity index (χ3v) is 2.51. The first kappa shape index (κ1) is 11.3. The van der Waals surface area contributed by atoms with Gasteiger partial charge in [0, 0.05) is 0 Å². The number of carboxylic acids is 1. The van der Waals surface area contributed by atoms with E-state index in [1.807, 2.05) is 26.0 Å². The van der Waals surface area contributed by atoms with Crippen LogP contribution in [-0.2, 0) is 4.79 Å². The second-order valence-electron chi connectivity index (χ2n) is 3.08. The molecule has 76 valence electrons. The Morgan fingerprint density at radius 3 is 2.64 bits per heavy atom. The van der Waals surface area contributed by atoms with Gasteiger partial charge in [0.25, 0.3) is 0 Å². The topological polar surface area (TPSA) is 46.5 Å². The van der Waals surface area contributed by atoms with E-state index in [2.05, 4.69) is 22.6 Å². The van der Waals surface area contributed by atoms with Crippen LogP contribution >= 0.6 is 22.6 Å². The summed E-state index contributed by atoms with van der Waals surface area (Å²) in [6.45, 7) is 3.61. The fourth-order valence-corrected chi connectivity index (χ4v) is 2.29. The van der Waals surface area contributed by atoms with E-state index < -0.39 is 5.97 Å². The van der Waals surface area contributed by atoms with Crippen molar-refractivity contribution in [3.8, 4) is 5.75 Å². The highest BCUT2D eigenvalue weighted by atomic mass is 127. The first-order chi connectivity index (χ1) is 6.50. The molecule has 0 aliphatic carbocycles. The lowest BCUT2D eigenvalue weighted by Crippen LogP contribution is -2.11. The van der Waals surface area contributed by atoms with Crippen LogP contribution in [-0.4, -0.2) is 17.7 Å². The largest absolute Gasteiger partial charge is 0.481 e. The molecule has 0 aliphatic heterocycles. The van der Waals surface area contributed by atoms with Gasteiger partial charge in [-0.2, -0.15) is 0 Å². The van der Waals surface area contributed by atoms with Gasteiger partial charge in [-0.15, -0.1) is 0 Å². The van der Waals surface area contributed by atoms with E-state index in [1.54, 1.807) is 0 Å². The van der Waals surface area contributed by atoms with Crippen LogP contribution in [0.5, 0.6) is 5.75 Å². The Balaban J connectivity index is 2.91. The summed E-state index contributed by atoms with van der Waals surface area (Å²) < 4.78 is 6.12. The molecule has 0 spiro atoms. The van der Waals surface area contributed by atoms with Crippen molar-refractivity contribution >= 4 is 28.6 Å². The lowest BCUT2D eigenvalue weighted by atomic mass is 10.1. The quantitative estimate of drug-likeness (QED) is 0.872. The summed E-state index contributed by atoms with van der Waals surface area (Å²) in [6.07, 6.45) is 0. The predicted molar refractivity (Wildman–Crippen MR) is 61.8 cm³/mol. The second-order valence-corrected chi connectivity index (χ2v) is 4.24. The van der Waals surface area contributed by atoms with E-state index in [0.29, 0.717) is 5.75 Å². The van der Waals surface area contributed by atoms with Crippen molar-refractivity contribution in [2.45, 2.75) is 13.8 Å². The number of aliphatic carboxylic acids is 1. The Morgan fingerprint density at radius 2 is 2.14 bits per heavy atom. The monoisotopic (exact) mass is 306 g/mol. The summed E-state index contributed by atoms with van der Waals surface area (Å²) in [5.41, 5.74) is 2.12. The molecule has 0 saturated heterocycles. The first-order valence-electron chi connectivity index (χ1n) is 4.12. The second kappa shape index (κ2) is 4.63. The van der Waals surface area contributed by atoms with Crippen molar-refractivity contribution in [2.75, 3.05) is 6.61 Å². The zero-order chi connectivity index (χ0) is 10.7. The molecule has 0 saturated carbocycles. The molecule has 0 aliphatic rings. The van der Waals surface area contributed by atoms with Gasteiger partial charge in [0.1, 0.15) is 5.75 Å². The Kier molecular flexibility index (Phi) is 3.74. The van der Waals surface area contributed by atoms with Crippen molar-refractivity contribution in [3.05, 3.63) is 26.8 Å². The average molecular weight is 306 g/mol. The van der Waals surface area contributed by atoms with Crippen molar-refractivity contribution in [3.63, 3.8) is 0 Å². The number of carbonyl (C=O) groups is 1. The third kappa shape index (κ3) is 2.87. The van der Waals surface area contributed by atoms with Gasteiger partial charge in [0.2, 0.25) is 0 Å². The molecular formula is C10H11IO3. The van der Waals surface area contributed by atoms with Gasteiger partial charge in [0.15, 0.2) is 6.61 Å². The minimum absolute atomic E-state index is 0.292. The number of aryl methyl sites for hydroxylation is 2. The number of benzene rings is 1. The highest BCUT2D eigenvalue weighted by Crippen LogP contribution is 2.26. The lowest BCUT2D eigenvalue weighted by molar-refractivity contribution is -0.139. The van der Waals surface area contributed by atoms with E-state index in [4.69, 9.17) is 9.84 Å². The van der Waals surface area contributed by atoms with E-state index in [0.717, 1.165) is 14.7 Å². The average Bonchev–Trinajstić information content (AvgIpc) is 2.01. The third-order valence-electron chi connectivity index (χ3n) is 1.71. The van der Waals surface area contributed by atoms with Crippen LogP contribution in [0.1, 0.15) is 11.1 Å². The molecule has 4 heteroatoms. The lowest BCUT2D eigenvalue weighted by Gasteiger charge is -2.10. The fraction of sp³-hybridized carbons (Fsp3) is 0.300. The minimum Gasteiger partial charge on any atom is -0.481 e. The molecule has 0 aromatic heterocycles. The van der Waals surface area contributed by atoms with Crippen LogP contribution < -0.4 is 4.74 Å². The zero-order valence-electron chi connectivity index (χ0n) is 8.00. The van der Waals surface area contributed by atoms with Crippen LogP contribution in [0.25, 0.3) is 0 Å². The Bertz CT molecular complexity index is 337. The smallest absolute Gasteiger partial charge is 0.341 e. The fourth-order valence-electron chi connectivity index (χ4n) is 1.22. The van der Waals surface area contributed by atoms with Gasteiger partial charge < -0.3 is 9.84 Å². The number of carboxylic acid groups (broad SMARTS) is 1. The molecule has 0 heterocycles. The van der Waals surface area contributed by atoms with Gasteiger partial charge in [-0.05, 0) is 53.6 Å². The number of hydrogen-bond acceptors (Lipinski definition) is 2. The van der Waals surface area contributed by atoms with E-state index in [9.17, 15) is 4.79 Å². The molecule has 1 N–H and O–H groups in total. The van der Waals surface area contributed by atoms with Crippen LogP contribution in [0, 0.1) is 17.4 Å². The van der Waals surface area contributed by atoms with Gasteiger partial charge in [-0.25, -0.2) is 4.79 Å². The molecule has 0 atom stereocenters. The van der Waals surface area contributed by atoms with Crippen LogP contribution in [0.3, 0.4) is 0 Å². The summed E-state index contributed by atoms with van der Waals surface area (Å²) in [4.78, 5) is 10.3. The molecule has 0 radical (unpaired) electrons. The normalized spacial score (nSPS) is 9.93. The molecule has 0 bridgehead atoms. The maximum atomic E-state index is 10.3. The van der Waals surface area contributed by atoms with E-state index in [-0.39, 0.29) is 6.61 Å². The maximum absolute atomic E-state index is 10.3. The summed E-state index contributed by atoms with van der Waals surface area (Å²) in [6, 6.07) is 3.93. The molecular weight excluding hydrogens is 295 g/mol. The Hall–Kier alpha value is -0.780. The molecule has 0 unspecified atom stereocenters. The number of ether oxygens (including phenoxy) is 1. The number of rotatable bonds is 3. The molecule has 1 aromatic carbocycles. The zero-order valence-corrected chi connectivity index (χ0v) is 10.2.